The zero-order valence-electron chi connectivity index (χ0n) is 14.8. The molecule has 27 heavy (non-hydrogen) atoms. The fourth-order valence-electron chi connectivity index (χ4n) is 2.86. The topological polar surface area (TPSA) is 84.9 Å². The third-order valence-corrected chi connectivity index (χ3v) is 5.59. The van der Waals surface area contributed by atoms with E-state index in [4.69, 9.17) is 9.47 Å². The van der Waals surface area contributed by atoms with Crippen molar-refractivity contribution in [2.24, 2.45) is 0 Å². The second-order valence-electron chi connectivity index (χ2n) is 6.11. The van der Waals surface area contributed by atoms with Gasteiger partial charge in [-0.2, -0.15) is 0 Å². The molecular weight excluding hydrogens is 368 g/mol. The lowest BCUT2D eigenvalue weighted by molar-refractivity contribution is -0.152. The molecule has 2 heterocycles. The van der Waals surface area contributed by atoms with E-state index in [9.17, 15) is 14.4 Å². The minimum absolute atomic E-state index is 0.0599. The maximum absolute atomic E-state index is 12.6. The first-order chi connectivity index (χ1) is 13.0. The van der Waals surface area contributed by atoms with Gasteiger partial charge in [0.1, 0.15) is 30.3 Å². The lowest BCUT2D eigenvalue weighted by Crippen LogP contribution is -2.70. The van der Waals surface area contributed by atoms with E-state index in [1.54, 1.807) is 6.92 Å². The molecule has 3 rings (SSSR count). The highest BCUT2D eigenvalue weighted by atomic mass is 32.2. The van der Waals surface area contributed by atoms with Gasteiger partial charge in [0.15, 0.2) is 0 Å². The summed E-state index contributed by atoms with van der Waals surface area (Å²) in [7, 11) is 0. The molecule has 1 aromatic rings. The van der Waals surface area contributed by atoms with Crippen LogP contribution in [-0.2, 0) is 25.7 Å². The van der Waals surface area contributed by atoms with Crippen molar-refractivity contribution in [1.29, 1.82) is 0 Å². The van der Waals surface area contributed by atoms with Gasteiger partial charge >= 0.3 is 12.1 Å². The van der Waals surface area contributed by atoms with Crippen LogP contribution < -0.4 is 5.32 Å². The van der Waals surface area contributed by atoms with Gasteiger partial charge in [0, 0.05) is 5.75 Å². The molecule has 2 atom stereocenters. The molecule has 0 spiro atoms. The molecule has 8 heteroatoms. The van der Waals surface area contributed by atoms with Crippen molar-refractivity contribution in [2.75, 3.05) is 12.4 Å². The number of nitrogens with one attached hydrogen (secondary N) is 1. The Morgan fingerprint density at radius 1 is 1.33 bits per heavy atom. The molecule has 2 aliphatic heterocycles. The van der Waals surface area contributed by atoms with Crippen LogP contribution in [0.15, 0.2) is 54.3 Å². The number of thioether (sulfide) groups is 1. The number of benzene rings is 1. The van der Waals surface area contributed by atoms with Gasteiger partial charge in [-0.3, -0.25) is 9.69 Å². The average molecular weight is 388 g/mol. The van der Waals surface area contributed by atoms with Gasteiger partial charge in [0.2, 0.25) is 0 Å². The Hall–Kier alpha value is -2.74. The SMILES string of the molecule is C=CCOC(=O)N[C@@H]1C(=O)N2C(C(=O)OCc3ccccc3)=C(C)CS[C@H]12. The van der Waals surface area contributed by atoms with Gasteiger partial charge in [0.25, 0.3) is 5.91 Å². The van der Waals surface area contributed by atoms with Gasteiger partial charge in [-0.15, -0.1) is 11.8 Å². The van der Waals surface area contributed by atoms with E-state index >= 15 is 0 Å². The summed E-state index contributed by atoms with van der Waals surface area (Å²) in [5, 5.41) is 2.19. The number of hydrogen-bond donors (Lipinski definition) is 1. The molecule has 1 N–H and O–H groups in total. The van der Waals surface area contributed by atoms with Crippen LogP contribution in [0.1, 0.15) is 12.5 Å². The van der Waals surface area contributed by atoms with Crippen molar-refractivity contribution < 1.29 is 23.9 Å². The van der Waals surface area contributed by atoms with E-state index in [1.165, 1.54) is 22.7 Å². The van der Waals surface area contributed by atoms with Crippen LogP contribution in [-0.4, -0.2) is 46.6 Å². The van der Waals surface area contributed by atoms with E-state index in [2.05, 4.69) is 11.9 Å². The van der Waals surface area contributed by atoms with Gasteiger partial charge in [-0.05, 0) is 18.1 Å². The summed E-state index contributed by atoms with van der Waals surface area (Å²) in [5.41, 5.74) is 1.90. The fourth-order valence-corrected chi connectivity index (χ4v) is 4.15. The van der Waals surface area contributed by atoms with Crippen molar-refractivity contribution in [2.45, 2.75) is 24.9 Å². The first-order valence-electron chi connectivity index (χ1n) is 8.42. The summed E-state index contributed by atoms with van der Waals surface area (Å²) in [5.74, 6) is -0.319. The summed E-state index contributed by atoms with van der Waals surface area (Å²) in [6, 6.07) is 8.60. The summed E-state index contributed by atoms with van der Waals surface area (Å²) >= 11 is 1.48. The van der Waals surface area contributed by atoms with Gasteiger partial charge in [-0.25, -0.2) is 9.59 Å². The van der Waals surface area contributed by atoms with Crippen LogP contribution in [0.4, 0.5) is 4.79 Å². The minimum Gasteiger partial charge on any atom is -0.456 e. The monoisotopic (exact) mass is 388 g/mol. The van der Waals surface area contributed by atoms with Crippen LogP contribution >= 0.6 is 11.8 Å². The summed E-state index contributed by atoms with van der Waals surface area (Å²) < 4.78 is 10.2. The van der Waals surface area contributed by atoms with Crippen molar-refractivity contribution in [3.63, 3.8) is 0 Å². The lowest BCUT2D eigenvalue weighted by atomic mass is 10.0. The molecule has 7 nitrogen and oxygen atoms in total. The highest BCUT2D eigenvalue weighted by Gasteiger charge is 2.54. The molecule has 0 aliphatic carbocycles. The quantitative estimate of drug-likeness (QED) is 0.457. The van der Waals surface area contributed by atoms with Crippen molar-refractivity contribution >= 4 is 29.7 Å². The molecule has 0 bridgehead atoms. The Morgan fingerprint density at radius 3 is 2.78 bits per heavy atom. The number of alkyl carbamates (subject to hydrolysis) is 1. The number of carbonyl (C=O) groups excluding carboxylic acids is 3. The normalized spacial score (nSPS) is 21.1. The van der Waals surface area contributed by atoms with E-state index in [-0.39, 0.29) is 30.2 Å². The molecule has 0 aromatic heterocycles. The van der Waals surface area contributed by atoms with Crippen molar-refractivity contribution in [3.8, 4) is 0 Å². The number of fused-ring (bicyclic) bond motifs is 1. The third kappa shape index (κ3) is 4.00. The number of hydrogen-bond acceptors (Lipinski definition) is 6. The predicted octanol–water partition coefficient (Wildman–Crippen LogP) is 2.20. The molecule has 1 aromatic carbocycles. The standard InChI is InChI=1S/C19H20N2O5S/c1-3-9-25-19(24)20-14-16(22)21-15(12(2)11-27-17(14)21)18(23)26-10-13-7-5-4-6-8-13/h3-8,14,17H,1,9-11H2,2H3,(H,20,24)/t14-,17-/m1/s1. The Labute approximate surface area is 161 Å². The maximum Gasteiger partial charge on any atom is 0.408 e. The van der Waals surface area contributed by atoms with Gasteiger partial charge < -0.3 is 14.8 Å². The first-order valence-corrected chi connectivity index (χ1v) is 9.47. The second-order valence-corrected chi connectivity index (χ2v) is 7.21. The largest absolute Gasteiger partial charge is 0.456 e. The van der Waals surface area contributed by atoms with E-state index in [1.807, 2.05) is 30.3 Å². The van der Waals surface area contributed by atoms with E-state index in [0.29, 0.717) is 5.75 Å². The third-order valence-electron chi connectivity index (χ3n) is 4.17. The zero-order valence-corrected chi connectivity index (χ0v) is 15.7. The number of carbonyl (C=O) groups is 3. The minimum atomic E-state index is -0.725. The summed E-state index contributed by atoms with van der Waals surface area (Å²) in [6.45, 7) is 5.45. The average Bonchev–Trinajstić information content (AvgIpc) is 2.69. The van der Waals surface area contributed by atoms with Crippen molar-refractivity contribution in [3.05, 3.63) is 59.8 Å². The zero-order chi connectivity index (χ0) is 19.4. The maximum atomic E-state index is 12.6. The Bertz CT molecular complexity index is 793. The van der Waals surface area contributed by atoms with Crippen LogP contribution in [0.2, 0.25) is 0 Å². The lowest BCUT2D eigenvalue weighted by Gasteiger charge is -2.49. The van der Waals surface area contributed by atoms with Crippen LogP contribution in [0.25, 0.3) is 0 Å². The van der Waals surface area contributed by atoms with Crippen molar-refractivity contribution in [1.82, 2.24) is 10.2 Å². The molecule has 1 fully saturated rings. The Morgan fingerprint density at radius 2 is 2.07 bits per heavy atom. The molecule has 0 unspecified atom stereocenters. The number of ether oxygens (including phenoxy) is 2. The molecule has 2 aliphatic rings. The summed E-state index contributed by atoms with van der Waals surface area (Å²) in [4.78, 5) is 38.2. The summed E-state index contributed by atoms with van der Waals surface area (Å²) in [6.07, 6.45) is 0.754. The Kier molecular flexibility index (Phi) is 5.85. The van der Waals surface area contributed by atoms with Gasteiger partial charge in [0.05, 0.1) is 0 Å². The van der Waals surface area contributed by atoms with Crippen LogP contribution in [0, 0.1) is 0 Å². The fraction of sp³-hybridized carbons (Fsp3) is 0.316. The molecule has 2 amide bonds. The highest BCUT2D eigenvalue weighted by molar-refractivity contribution is 8.00. The highest BCUT2D eigenvalue weighted by Crippen LogP contribution is 2.40. The van der Waals surface area contributed by atoms with Gasteiger partial charge in [-0.1, -0.05) is 43.0 Å². The first kappa shape index (κ1) is 19.0. The predicted molar refractivity (Wildman–Crippen MR) is 100 cm³/mol. The molecular formula is C19H20N2O5S. The number of β-lactam (4-membered cyclic amide) rings is 1. The number of rotatable bonds is 6. The second kappa shape index (κ2) is 8.30. The molecule has 0 radical (unpaired) electrons. The van der Waals surface area contributed by atoms with Crippen LogP contribution in [0.5, 0.6) is 0 Å². The van der Waals surface area contributed by atoms with E-state index in [0.717, 1.165) is 11.1 Å². The molecule has 142 valence electrons. The molecule has 0 saturated carbocycles. The molecule has 1 saturated heterocycles. The van der Waals surface area contributed by atoms with Crippen LogP contribution in [0.3, 0.4) is 0 Å². The number of amides is 2. The Balaban J connectivity index is 1.64. The smallest absolute Gasteiger partial charge is 0.408 e. The number of nitrogens with zero attached hydrogens (tertiary/aromatic N) is 1. The van der Waals surface area contributed by atoms with E-state index < -0.39 is 18.1 Å². The number of esters is 1.